The molecule has 1 heterocycles. The van der Waals surface area contributed by atoms with Gasteiger partial charge in [-0.25, -0.2) is 8.42 Å². The largest absolute Gasteiger partial charge is 0.395 e. The Morgan fingerprint density at radius 2 is 2.05 bits per heavy atom. The van der Waals surface area contributed by atoms with E-state index in [1.54, 1.807) is 30.3 Å². The molecule has 0 saturated carbocycles. The van der Waals surface area contributed by atoms with E-state index in [4.69, 9.17) is 5.11 Å². The van der Waals surface area contributed by atoms with E-state index < -0.39 is 16.1 Å². The second-order valence-electron chi connectivity index (χ2n) is 5.23. The maximum Gasteiger partial charge on any atom is 0.243 e. The molecule has 1 N–H and O–H groups in total. The minimum Gasteiger partial charge on any atom is -0.395 e. The van der Waals surface area contributed by atoms with Crippen molar-refractivity contribution in [2.45, 2.75) is 30.7 Å². The van der Waals surface area contributed by atoms with Crippen molar-refractivity contribution in [3.05, 3.63) is 30.3 Å². The fraction of sp³-hybridized carbons (Fsp3) is 0.533. The summed E-state index contributed by atoms with van der Waals surface area (Å²) in [5, 5.41) is 9.04. The summed E-state index contributed by atoms with van der Waals surface area (Å²) in [7, 11) is -3.67. The first-order valence-electron chi connectivity index (χ1n) is 7.49. The Bertz CT molecular complexity index is 603. The number of rotatable bonds is 6. The molecule has 6 nitrogen and oxygen atoms in total. The monoisotopic (exact) mass is 326 g/mol. The van der Waals surface area contributed by atoms with Gasteiger partial charge < -0.3 is 10.0 Å². The lowest BCUT2D eigenvalue weighted by Gasteiger charge is -2.28. The predicted octanol–water partition coefficient (Wildman–Crippen LogP) is 0.680. The highest BCUT2D eigenvalue weighted by molar-refractivity contribution is 7.89. The maximum absolute atomic E-state index is 12.7. The molecule has 0 spiro atoms. The van der Waals surface area contributed by atoms with Crippen LogP contribution in [0.25, 0.3) is 0 Å². The Hall–Kier alpha value is -1.44. The van der Waals surface area contributed by atoms with Crippen molar-refractivity contribution in [1.82, 2.24) is 9.21 Å². The Morgan fingerprint density at radius 1 is 1.36 bits per heavy atom. The van der Waals surface area contributed by atoms with Crippen LogP contribution in [-0.2, 0) is 14.8 Å². The molecule has 1 fully saturated rings. The number of hydrogen-bond donors (Lipinski definition) is 1. The predicted molar refractivity (Wildman–Crippen MR) is 82.7 cm³/mol. The van der Waals surface area contributed by atoms with Gasteiger partial charge in [0.15, 0.2) is 0 Å². The Labute approximate surface area is 131 Å². The van der Waals surface area contributed by atoms with Gasteiger partial charge in [-0.3, -0.25) is 4.79 Å². The molecule has 0 aromatic heterocycles. The zero-order valence-electron chi connectivity index (χ0n) is 12.7. The van der Waals surface area contributed by atoms with Gasteiger partial charge in [-0.15, -0.1) is 0 Å². The third-order valence-corrected chi connectivity index (χ3v) is 5.82. The van der Waals surface area contributed by atoms with Gasteiger partial charge in [-0.05, 0) is 31.9 Å². The Balaban J connectivity index is 2.25. The number of aliphatic hydroxyl groups excluding tert-OH is 1. The normalized spacial score (nSPS) is 19.3. The van der Waals surface area contributed by atoms with Crippen LogP contribution in [-0.4, -0.2) is 60.9 Å². The highest BCUT2D eigenvalue weighted by Gasteiger charge is 2.40. The van der Waals surface area contributed by atoms with Gasteiger partial charge in [0.25, 0.3) is 0 Å². The number of carbonyl (C=O) groups excluding carboxylic acids is 1. The fourth-order valence-corrected chi connectivity index (χ4v) is 4.43. The number of likely N-dealkylation sites (N-methyl/N-ethyl adjacent to an activating group) is 1. The molecule has 0 bridgehead atoms. The van der Waals surface area contributed by atoms with Crippen LogP contribution in [0.1, 0.15) is 19.8 Å². The maximum atomic E-state index is 12.7. The SMILES string of the molecule is CCN(CCO)C(=O)C1CCCN1S(=O)(=O)c1ccccc1. The van der Waals surface area contributed by atoms with E-state index in [1.807, 2.05) is 6.92 Å². The molecule has 1 unspecified atom stereocenters. The van der Waals surface area contributed by atoms with Gasteiger partial charge in [0.05, 0.1) is 11.5 Å². The van der Waals surface area contributed by atoms with E-state index in [0.717, 1.165) is 0 Å². The van der Waals surface area contributed by atoms with E-state index in [2.05, 4.69) is 0 Å². The van der Waals surface area contributed by atoms with Gasteiger partial charge in [0, 0.05) is 19.6 Å². The van der Waals surface area contributed by atoms with Crippen LogP contribution in [0.2, 0.25) is 0 Å². The molecule has 22 heavy (non-hydrogen) atoms. The van der Waals surface area contributed by atoms with E-state index >= 15 is 0 Å². The van der Waals surface area contributed by atoms with Crippen molar-refractivity contribution in [2.75, 3.05) is 26.2 Å². The zero-order chi connectivity index (χ0) is 16.2. The fourth-order valence-electron chi connectivity index (χ4n) is 2.76. The molecule has 1 aromatic rings. The first kappa shape index (κ1) is 16.9. The van der Waals surface area contributed by atoms with Gasteiger partial charge in [-0.2, -0.15) is 4.31 Å². The molecule has 1 aliphatic rings. The van der Waals surface area contributed by atoms with Crippen LogP contribution >= 0.6 is 0 Å². The summed E-state index contributed by atoms with van der Waals surface area (Å²) in [6.07, 6.45) is 1.19. The van der Waals surface area contributed by atoms with Crippen molar-refractivity contribution >= 4 is 15.9 Å². The molecule has 1 amide bonds. The third-order valence-electron chi connectivity index (χ3n) is 3.90. The molecule has 2 rings (SSSR count). The van der Waals surface area contributed by atoms with Gasteiger partial charge in [0.2, 0.25) is 15.9 Å². The average Bonchev–Trinajstić information content (AvgIpc) is 3.03. The summed E-state index contributed by atoms with van der Waals surface area (Å²) in [6.45, 7) is 2.72. The van der Waals surface area contributed by atoms with Crippen LogP contribution in [0, 0.1) is 0 Å². The quantitative estimate of drug-likeness (QED) is 0.834. The summed E-state index contributed by atoms with van der Waals surface area (Å²) in [6, 6.07) is 7.51. The van der Waals surface area contributed by atoms with Crippen LogP contribution in [0.4, 0.5) is 0 Å². The highest BCUT2D eigenvalue weighted by atomic mass is 32.2. The van der Waals surface area contributed by atoms with Crippen molar-refractivity contribution in [2.24, 2.45) is 0 Å². The van der Waals surface area contributed by atoms with E-state index in [9.17, 15) is 13.2 Å². The summed E-state index contributed by atoms with van der Waals surface area (Å²) in [4.78, 5) is 14.3. The average molecular weight is 326 g/mol. The van der Waals surface area contributed by atoms with Crippen LogP contribution in [0.15, 0.2) is 35.2 Å². The molecule has 1 atom stereocenters. The highest BCUT2D eigenvalue weighted by Crippen LogP contribution is 2.27. The Kier molecular flexibility index (Phi) is 5.55. The number of aliphatic hydroxyl groups is 1. The molecule has 1 aromatic carbocycles. The zero-order valence-corrected chi connectivity index (χ0v) is 13.5. The van der Waals surface area contributed by atoms with Crippen molar-refractivity contribution < 1.29 is 18.3 Å². The summed E-state index contributed by atoms with van der Waals surface area (Å²) >= 11 is 0. The van der Waals surface area contributed by atoms with Crippen molar-refractivity contribution in [3.8, 4) is 0 Å². The van der Waals surface area contributed by atoms with Gasteiger partial charge in [-0.1, -0.05) is 18.2 Å². The summed E-state index contributed by atoms with van der Waals surface area (Å²) in [5.74, 6) is -0.228. The van der Waals surface area contributed by atoms with Crippen molar-refractivity contribution in [1.29, 1.82) is 0 Å². The summed E-state index contributed by atoms with van der Waals surface area (Å²) in [5.41, 5.74) is 0. The molecule has 0 radical (unpaired) electrons. The first-order valence-corrected chi connectivity index (χ1v) is 8.93. The lowest BCUT2D eigenvalue weighted by Crippen LogP contribution is -2.48. The standard InChI is InChI=1S/C15H22N2O4S/c1-2-16(11-12-18)15(19)14-9-6-10-17(14)22(20,21)13-7-4-3-5-8-13/h3-5,7-8,14,18H,2,6,9-12H2,1H3. The smallest absolute Gasteiger partial charge is 0.243 e. The number of amides is 1. The lowest BCUT2D eigenvalue weighted by atomic mass is 10.2. The first-order chi connectivity index (χ1) is 10.5. The molecule has 0 aliphatic carbocycles. The number of benzene rings is 1. The van der Waals surface area contributed by atoms with Crippen LogP contribution < -0.4 is 0 Å². The second-order valence-corrected chi connectivity index (χ2v) is 7.12. The van der Waals surface area contributed by atoms with Crippen molar-refractivity contribution in [3.63, 3.8) is 0 Å². The number of sulfonamides is 1. The van der Waals surface area contributed by atoms with Gasteiger partial charge in [0.1, 0.15) is 6.04 Å². The third kappa shape index (κ3) is 3.31. The molecule has 1 aliphatic heterocycles. The van der Waals surface area contributed by atoms with Crippen LogP contribution in [0.3, 0.4) is 0 Å². The number of hydrogen-bond acceptors (Lipinski definition) is 4. The van der Waals surface area contributed by atoms with Gasteiger partial charge >= 0.3 is 0 Å². The topological polar surface area (TPSA) is 77.9 Å². The Morgan fingerprint density at radius 3 is 2.64 bits per heavy atom. The minimum atomic E-state index is -3.67. The molecular weight excluding hydrogens is 304 g/mol. The number of nitrogens with zero attached hydrogens (tertiary/aromatic N) is 2. The van der Waals surface area contributed by atoms with E-state index in [1.165, 1.54) is 9.21 Å². The number of carbonyl (C=O) groups is 1. The van der Waals surface area contributed by atoms with Crippen LogP contribution in [0.5, 0.6) is 0 Å². The second kappa shape index (κ2) is 7.21. The molecule has 1 saturated heterocycles. The molecular formula is C15H22N2O4S. The van der Waals surface area contributed by atoms with E-state index in [0.29, 0.717) is 25.9 Å². The minimum absolute atomic E-state index is 0.127. The molecule has 122 valence electrons. The van der Waals surface area contributed by atoms with E-state index in [-0.39, 0.29) is 24.0 Å². The lowest BCUT2D eigenvalue weighted by molar-refractivity contribution is -0.134. The summed E-state index contributed by atoms with van der Waals surface area (Å²) < 4.78 is 26.7. The molecule has 7 heteroatoms.